The molecule has 208 valence electrons. The molecule has 0 aliphatic carbocycles. The van der Waals surface area contributed by atoms with E-state index in [1.807, 2.05) is 57.3 Å². The number of likely N-dealkylation sites (tertiary alicyclic amines) is 1. The summed E-state index contributed by atoms with van der Waals surface area (Å²) in [6.45, 7) is 7.47. The molecule has 1 saturated heterocycles. The van der Waals surface area contributed by atoms with Gasteiger partial charge in [0.15, 0.2) is 0 Å². The summed E-state index contributed by atoms with van der Waals surface area (Å²) in [6.07, 6.45) is 4.61. The summed E-state index contributed by atoms with van der Waals surface area (Å²) in [7, 11) is 1.33. The van der Waals surface area contributed by atoms with Crippen LogP contribution < -0.4 is 10.6 Å². The number of rotatable bonds is 9. The Bertz CT molecular complexity index is 1310. The fourth-order valence-corrected chi connectivity index (χ4v) is 5.25. The maximum absolute atomic E-state index is 13.2. The third-order valence-corrected chi connectivity index (χ3v) is 7.32. The number of nitrogens with zero attached hydrogens (tertiary/aromatic N) is 2. The standard InChI is InChI=1S/C30H39N5O4/c1-19(2)17-26(29(37)39-4)34-30(38)35-15-12-21(13-16-35)27-24(10-9-20(3)33-27)28(36)31-14-11-22-18-32-25-8-6-5-7-23(22)25/h5-10,18-19,21,26,32H,11-17H2,1-4H3,(H,31,36)(H,34,38). The van der Waals surface area contributed by atoms with Crippen molar-refractivity contribution in [2.24, 2.45) is 5.92 Å². The number of fused-ring (bicyclic) bond motifs is 1. The summed E-state index contributed by atoms with van der Waals surface area (Å²) in [6, 6.07) is 10.9. The number of aromatic amines is 1. The number of hydrogen-bond donors (Lipinski definition) is 3. The highest BCUT2D eigenvalue weighted by Gasteiger charge is 2.30. The normalized spacial score (nSPS) is 14.8. The zero-order valence-electron chi connectivity index (χ0n) is 23.3. The van der Waals surface area contributed by atoms with Crippen LogP contribution in [0.1, 0.15) is 66.3 Å². The second kappa shape index (κ2) is 12.8. The molecule has 9 nitrogen and oxygen atoms in total. The molecule has 0 bridgehead atoms. The van der Waals surface area contributed by atoms with E-state index in [0.29, 0.717) is 44.5 Å². The summed E-state index contributed by atoms with van der Waals surface area (Å²) in [4.78, 5) is 48.0. The number of benzene rings is 1. The van der Waals surface area contributed by atoms with E-state index in [1.54, 1.807) is 4.90 Å². The molecular formula is C30H39N5O4. The van der Waals surface area contributed by atoms with Crippen LogP contribution in [0.3, 0.4) is 0 Å². The minimum Gasteiger partial charge on any atom is -0.467 e. The van der Waals surface area contributed by atoms with Crippen molar-refractivity contribution in [3.8, 4) is 0 Å². The van der Waals surface area contributed by atoms with E-state index in [-0.39, 0.29) is 23.8 Å². The Labute approximate surface area is 229 Å². The molecular weight excluding hydrogens is 494 g/mol. The van der Waals surface area contributed by atoms with Gasteiger partial charge < -0.3 is 25.3 Å². The third-order valence-electron chi connectivity index (χ3n) is 7.32. The van der Waals surface area contributed by atoms with Crippen molar-refractivity contribution in [3.05, 3.63) is 65.1 Å². The van der Waals surface area contributed by atoms with E-state index in [1.165, 1.54) is 18.1 Å². The van der Waals surface area contributed by atoms with E-state index in [2.05, 4.69) is 21.7 Å². The molecule has 0 spiro atoms. The zero-order chi connectivity index (χ0) is 27.9. The molecule has 0 radical (unpaired) electrons. The largest absolute Gasteiger partial charge is 0.467 e. The molecule has 9 heteroatoms. The molecule has 1 aliphatic heterocycles. The van der Waals surface area contributed by atoms with Gasteiger partial charge in [0.25, 0.3) is 5.91 Å². The van der Waals surface area contributed by atoms with Crippen LogP contribution in [0.5, 0.6) is 0 Å². The number of ether oxygens (including phenoxy) is 1. The quantitative estimate of drug-likeness (QED) is 0.354. The predicted octanol–water partition coefficient (Wildman–Crippen LogP) is 4.32. The van der Waals surface area contributed by atoms with Crippen LogP contribution in [0.25, 0.3) is 10.9 Å². The van der Waals surface area contributed by atoms with Gasteiger partial charge in [0.2, 0.25) is 0 Å². The van der Waals surface area contributed by atoms with Gasteiger partial charge >= 0.3 is 12.0 Å². The Morgan fingerprint density at radius 2 is 1.87 bits per heavy atom. The molecule has 4 rings (SSSR count). The second-order valence-corrected chi connectivity index (χ2v) is 10.7. The summed E-state index contributed by atoms with van der Waals surface area (Å²) in [5.41, 5.74) is 4.48. The van der Waals surface area contributed by atoms with E-state index < -0.39 is 12.0 Å². The number of aromatic nitrogens is 2. The van der Waals surface area contributed by atoms with Crippen LogP contribution in [-0.4, -0.2) is 65.6 Å². The number of aryl methyl sites for hydroxylation is 1. The third kappa shape index (κ3) is 6.96. The Balaban J connectivity index is 1.36. The van der Waals surface area contributed by atoms with E-state index in [4.69, 9.17) is 9.72 Å². The van der Waals surface area contributed by atoms with Crippen molar-refractivity contribution in [1.82, 2.24) is 25.5 Å². The Kier molecular flexibility index (Phi) is 9.22. The van der Waals surface area contributed by atoms with Gasteiger partial charge in [0.1, 0.15) is 6.04 Å². The molecule has 2 aromatic heterocycles. The second-order valence-electron chi connectivity index (χ2n) is 10.7. The highest BCUT2D eigenvalue weighted by atomic mass is 16.5. The molecule has 1 atom stereocenters. The average molecular weight is 534 g/mol. The Hall–Kier alpha value is -3.88. The summed E-state index contributed by atoms with van der Waals surface area (Å²) in [5, 5.41) is 7.08. The van der Waals surface area contributed by atoms with Crippen molar-refractivity contribution in [2.45, 2.75) is 58.4 Å². The van der Waals surface area contributed by atoms with Crippen LogP contribution in [0.4, 0.5) is 4.79 Å². The molecule has 1 aliphatic rings. The number of carbonyl (C=O) groups is 3. The first kappa shape index (κ1) is 28.1. The minimum absolute atomic E-state index is 0.0652. The fourth-order valence-electron chi connectivity index (χ4n) is 5.25. The first-order valence-electron chi connectivity index (χ1n) is 13.7. The van der Waals surface area contributed by atoms with Gasteiger partial charge in [-0.1, -0.05) is 32.0 Å². The van der Waals surface area contributed by atoms with E-state index in [0.717, 1.165) is 23.3 Å². The number of amides is 3. The molecule has 3 N–H and O–H groups in total. The maximum atomic E-state index is 13.2. The number of esters is 1. The van der Waals surface area contributed by atoms with Crippen LogP contribution in [0.15, 0.2) is 42.6 Å². The van der Waals surface area contributed by atoms with Crippen molar-refractivity contribution < 1.29 is 19.1 Å². The summed E-state index contributed by atoms with van der Waals surface area (Å²) in [5.74, 6) is -0.266. The SMILES string of the molecule is COC(=O)C(CC(C)C)NC(=O)N1CCC(c2nc(C)ccc2C(=O)NCCc2c[nH]c3ccccc23)CC1. The number of nitrogens with one attached hydrogen (secondary N) is 3. The van der Waals surface area contributed by atoms with Gasteiger partial charge in [-0.2, -0.15) is 0 Å². The monoisotopic (exact) mass is 533 g/mol. The predicted molar refractivity (Wildman–Crippen MR) is 151 cm³/mol. The average Bonchev–Trinajstić information content (AvgIpc) is 3.35. The van der Waals surface area contributed by atoms with Gasteiger partial charge in [-0.25, -0.2) is 9.59 Å². The topological polar surface area (TPSA) is 116 Å². The van der Waals surface area contributed by atoms with Crippen molar-refractivity contribution in [3.63, 3.8) is 0 Å². The van der Waals surface area contributed by atoms with Gasteiger partial charge in [0.05, 0.1) is 18.4 Å². The van der Waals surface area contributed by atoms with E-state index >= 15 is 0 Å². The lowest BCUT2D eigenvalue weighted by Gasteiger charge is -2.33. The van der Waals surface area contributed by atoms with E-state index in [9.17, 15) is 14.4 Å². The number of H-pyrrole nitrogens is 1. The lowest BCUT2D eigenvalue weighted by molar-refractivity contribution is -0.143. The Morgan fingerprint density at radius 3 is 2.59 bits per heavy atom. The van der Waals surface area contributed by atoms with Gasteiger partial charge in [0, 0.05) is 48.3 Å². The molecule has 3 heterocycles. The van der Waals surface area contributed by atoms with Crippen LogP contribution in [0, 0.1) is 12.8 Å². The smallest absolute Gasteiger partial charge is 0.328 e. The number of carbonyl (C=O) groups excluding carboxylic acids is 3. The minimum atomic E-state index is -0.668. The number of urea groups is 1. The van der Waals surface area contributed by atoms with Crippen LogP contribution >= 0.6 is 0 Å². The molecule has 0 saturated carbocycles. The van der Waals surface area contributed by atoms with Gasteiger partial charge in [-0.15, -0.1) is 0 Å². The lowest BCUT2D eigenvalue weighted by Crippen LogP contribution is -2.50. The number of pyridine rings is 1. The molecule has 39 heavy (non-hydrogen) atoms. The van der Waals surface area contributed by atoms with Gasteiger partial charge in [-0.05, 0) is 62.3 Å². The first-order valence-corrected chi connectivity index (χ1v) is 13.7. The Morgan fingerprint density at radius 1 is 1.13 bits per heavy atom. The van der Waals surface area contributed by atoms with Crippen molar-refractivity contribution in [2.75, 3.05) is 26.7 Å². The molecule has 1 aromatic carbocycles. The summed E-state index contributed by atoms with van der Waals surface area (Å²) < 4.78 is 4.87. The lowest BCUT2D eigenvalue weighted by atomic mass is 9.90. The number of methoxy groups -OCH3 is 1. The molecule has 1 fully saturated rings. The number of para-hydroxylation sites is 1. The van der Waals surface area contributed by atoms with Crippen molar-refractivity contribution >= 4 is 28.8 Å². The zero-order valence-corrected chi connectivity index (χ0v) is 23.3. The van der Waals surface area contributed by atoms with Crippen molar-refractivity contribution in [1.29, 1.82) is 0 Å². The molecule has 3 amide bonds. The van der Waals surface area contributed by atoms with Gasteiger partial charge in [-0.3, -0.25) is 9.78 Å². The highest BCUT2D eigenvalue weighted by Crippen LogP contribution is 2.29. The molecule has 3 aromatic rings. The fraction of sp³-hybridized carbons (Fsp3) is 0.467. The summed E-state index contributed by atoms with van der Waals surface area (Å²) >= 11 is 0. The number of piperidine rings is 1. The highest BCUT2D eigenvalue weighted by molar-refractivity contribution is 5.95. The number of hydrogen-bond acceptors (Lipinski definition) is 5. The van der Waals surface area contributed by atoms with Crippen LogP contribution in [0.2, 0.25) is 0 Å². The first-order chi connectivity index (χ1) is 18.8. The maximum Gasteiger partial charge on any atom is 0.328 e. The molecule has 1 unspecified atom stereocenters. The van der Waals surface area contributed by atoms with Crippen LogP contribution in [-0.2, 0) is 16.0 Å².